The third-order valence-corrected chi connectivity index (χ3v) is 8.62. The van der Waals surface area contributed by atoms with Gasteiger partial charge in [-0.2, -0.15) is 0 Å². The topological polar surface area (TPSA) is 13.1 Å². The van der Waals surface area contributed by atoms with Gasteiger partial charge < -0.3 is 4.42 Å². The maximum atomic E-state index is 6.64. The molecule has 0 atom stereocenters. The zero-order chi connectivity index (χ0) is 26.9. The molecule has 0 amide bonds. The van der Waals surface area contributed by atoms with Crippen LogP contribution in [0.4, 0.5) is 0 Å². The second-order valence-corrected chi connectivity index (χ2v) is 10.8. The van der Waals surface area contributed by atoms with E-state index < -0.39 is 0 Å². The fourth-order valence-electron chi connectivity index (χ4n) is 6.91. The van der Waals surface area contributed by atoms with Crippen LogP contribution in [0.1, 0.15) is 0 Å². The molecule has 0 N–H and O–H groups in total. The van der Waals surface area contributed by atoms with Gasteiger partial charge in [0.15, 0.2) is 0 Å². The van der Waals surface area contributed by atoms with Gasteiger partial charge in [0.25, 0.3) is 0 Å². The Hall–Kier alpha value is -5.40. The first-order chi connectivity index (χ1) is 20.4. The zero-order valence-corrected chi connectivity index (χ0v) is 22.3. The Morgan fingerprint density at radius 3 is 1.59 bits per heavy atom. The molecule has 0 aliphatic heterocycles. The van der Waals surface area contributed by atoms with Crippen LogP contribution in [0.25, 0.3) is 87.6 Å². The van der Waals surface area contributed by atoms with Gasteiger partial charge in [-0.25, -0.2) is 0 Å². The number of rotatable bonds is 3. The van der Waals surface area contributed by atoms with E-state index in [2.05, 4.69) is 146 Å². The van der Waals surface area contributed by atoms with Crippen LogP contribution in [-0.4, -0.2) is 0 Å². The molecule has 0 spiro atoms. The molecule has 0 radical (unpaired) electrons. The fourth-order valence-corrected chi connectivity index (χ4v) is 6.91. The molecule has 9 rings (SSSR count). The Balaban J connectivity index is 1.44. The number of hydrogen-bond donors (Lipinski definition) is 0. The van der Waals surface area contributed by atoms with E-state index in [1.165, 1.54) is 70.9 Å². The summed E-state index contributed by atoms with van der Waals surface area (Å²) in [4.78, 5) is 0. The largest absolute Gasteiger partial charge is 0.455 e. The average Bonchev–Trinajstić information content (AvgIpc) is 3.44. The first kappa shape index (κ1) is 22.4. The van der Waals surface area contributed by atoms with Crippen LogP contribution in [-0.2, 0) is 0 Å². The van der Waals surface area contributed by atoms with Crippen LogP contribution in [0.3, 0.4) is 0 Å². The van der Waals surface area contributed by atoms with E-state index in [0.29, 0.717) is 0 Å². The van der Waals surface area contributed by atoms with E-state index in [1.54, 1.807) is 0 Å². The minimum Gasteiger partial charge on any atom is -0.455 e. The molecule has 0 bridgehead atoms. The zero-order valence-electron chi connectivity index (χ0n) is 22.3. The van der Waals surface area contributed by atoms with Crippen LogP contribution in [0.5, 0.6) is 0 Å². The molecule has 0 fully saturated rings. The van der Waals surface area contributed by atoms with Crippen molar-refractivity contribution in [3.63, 3.8) is 0 Å². The molecule has 0 aliphatic rings. The van der Waals surface area contributed by atoms with Crippen LogP contribution in [0.2, 0.25) is 0 Å². The van der Waals surface area contributed by atoms with Gasteiger partial charge in [0.2, 0.25) is 0 Å². The van der Waals surface area contributed by atoms with E-state index in [4.69, 9.17) is 4.42 Å². The van der Waals surface area contributed by atoms with Gasteiger partial charge >= 0.3 is 0 Å². The monoisotopic (exact) mass is 520 g/mol. The van der Waals surface area contributed by atoms with Gasteiger partial charge in [-0.1, -0.05) is 127 Å². The molecule has 8 aromatic carbocycles. The van der Waals surface area contributed by atoms with Crippen molar-refractivity contribution in [2.45, 2.75) is 0 Å². The van der Waals surface area contributed by atoms with E-state index >= 15 is 0 Å². The number of hydrogen-bond acceptors (Lipinski definition) is 1. The third-order valence-electron chi connectivity index (χ3n) is 8.62. The van der Waals surface area contributed by atoms with E-state index in [9.17, 15) is 0 Å². The van der Waals surface area contributed by atoms with Crippen LogP contribution >= 0.6 is 0 Å². The predicted molar refractivity (Wildman–Crippen MR) is 174 cm³/mol. The van der Waals surface area contributed by atoms with Gasteiger partial charge in [0.1, 0.15) is 11.2 Å². The lowest BCUT2D eigenvalue weighted by Crippen LogP contribution is -1.92. The van der Waals surface area contributed by atoms with Gasteiger partial charge in [0, 0.05) is 16.3 Å². The average molecular weight is 521 g/mol. The molecular weight excluding hydrogens is 496 g/mol. The molecule has 1 heteroatoms. The normalized spacial score (nSPS) is 11.9. The van der Waals surface area contributed by atoms with Gasteiger partial charge in [-0.05, 0) is 78.3 Å². The predicted octanol–water partition coefficient (Wildman–Crippen LogP) is 11.5. The fraction of sp³-hybridized carbons (Fsp3) is 0. The second kappa shape index (κ2) is 8.55. The summed E-state index contributed by atoms with van der Waals surface area (Å²) in [5.74, 6) is 0. The summed E-state index contributed by atoms with van der Waals surface area (Å²) in [6.45, 7) is 0. The SMILES string of the molecule is c1ccc(-c2c3ccccc3c(-c3cc4ccc(-c5ccccc5)c5oc6cccc3c6c45)c3ccccc23)cc1. The molecule has 0 saturated heterocycles. The lowest BCUT2D eigenvalue weighted by atomic mass is 9.83. The van der Waals surface area contributed by atoms with Crippen molar-refractivity contribution in [2.75, 3.05) is 0 Å². The first-order valence-corrected chi connectivity index (χ1v) is 14.1. The van der Waals surface area contributed by atoms with E-state index in [0.717, 1.165) is 16.7 Å². The minimum atomic E-state index is 0.933. The summed E-state index contributed by atoms with van der Waals surface area (Å²) in [5, 5.41) is 9.89. The number of fused-ring (bicyclic) bond motifs is 2. The summed E-state index contributed by atoms with van der Waals surface area (Å²) < 4.78 is 6.64. The molecule has 0 saturated carbocycles. The highest BCUT2D eigenvalue weighted by Gasteiger charge is 2.22. The van der Waals surface area contributed by atoms with Crippen LogP contribution in [0, 0.1) is 0 Å². The molecular formula is C40H24O. The smallest absolute Gasteiger partial charge is 0.143 e. The van der Waals surface area contributed by atoms with Gasteiger partial charge in [-0.3, -0.25) is 0 Å². The summed E-state index contributed by atoms with van der Waals surface area (Å²) in [6.07, 6.45) is 0. The molecule has 0 aliphatic carbocycles. The molecule has 0 unspecified atom stereocenters. The highest BCUT2D eigenvalue weighted by atomic mass is 16.3. The Bertz CT molecular complexity index is 2340. The van der Waals surface area contributed by atoms with Crippen molar-refractivity contribution in [3.8, 4) is 33.4 Å². The first-order valence-electron chi connectivity index (χ1n) is 14.1. The molecule has 1 aromatic heterocycles. The Morgan fingerprint density at radius 2 is 0.927 bits per heavy atom. The lowest BCUT2D eigenvalue weighted by Gasteiger charge is -2.19. The molecule has 9 aromatic rings. The van der Waals surface area contributed by atoms with Gasteiger partial charge in [0.05, 0.1) is 0 Å². The van der Waals surface area contributed by atoms with Crippen molar-refractivity contribution in [3.05, 3.63) is 146 Å². The molecule has 1 heterocycles. The summed E-state index contributed by atoms with van der Waals surface area (Å²) >= 11 is 0. The standard InChI is InChI=1S/C40H24O/c1-3-12-25(13-4-1)28-23-22-27-24-34(33-20-11-21-35-39(33)37(27)40(28)41-35)38-31-18-9-7-16-29(31)36(26-14-5-2-6-15-26)30-17-8-10-19-32(30)38/h1-24H. The van der Waals surface area contributed by atoms with Crippen LogP contribution < -0.4 is 0 Å². The highest BCUT2D eigenvalue weighted by Crippen LogP contribution is 2.49. The molecule has 41 heavy (non-hydrogen) atoms. The Labute approximate surface area is 237 Å². The lowest BCUT2D eigenvalue weighted by molar-refractivity contribution is 0.670. The maximum absolute atomic E-state index is 6.64. The van der Waals surface area contributed by atoms with Crippen molar-refractivity contribution >= 4 is 54.3 Å². The second-order valence-electron chi connectivity index (χ2n) is 10.8. The quantitative estimate of drug-likeness (QED) is 0.167. The molecule has 190 valence electrons. The maximum Gasteiger partial charge on any atom is 0.143 e. The van der Waals surface area contributed by atoms with E-state index in [1.807, 2.05) is 0 Å². The van der Waals surface area contributed by atoms with Crippen molar-refractivity contribution in [1.29, 1.82) is 0 Å². The summed E-state index contributed by atoms with van der Waals surface area (Å²) in [5.41, 5.74) is 9.23. The van der Waals surface area contributed by atoms with Crippen LogP contribution in [0.15, 0.2) is 150 Å². The van der Waals surface area contributed by atoms with Crippen molar-refractivity contribution in [2.24, 2.45) is 0 Å². The van der Waals surface area contributed by atoms with Gasteiger partial charge in [-0.15, -0.1) is 0 Å². The Morgan fingerprint density at radius 1 is 0.366 bits per heavy atom. The Kier molecular flexibility index (Phi) is 4.67. The minimum absolute atomic E-state index is 0.933. The number of furan rings is 1. The van der Waals surface area contributed by atoms with E-state index in [-0.39, 0.29) is 0 Å². The highest BCUT2D eigenvalue weighted by molar-refractivity contribution is 6.30. The summed E-state index contributed by atoms with van der Waals surface area (Å²) in [6, 6.07) is 52.4. The summed E-state index contributed by atoms with van der Waals surface area (Å²) in [7, 11) is 0. The van der Waals surface area contributed by atoms with Crippen molar-refractivity contribution < 1.29 is 4.42 Å². The number of benzene rings is 8. The molecule has 1 nitrogen and oxygen atoms in total. The third kappa shape index (κ3) is 3.18. The van der Waals surface area contributed by atoms with Crippen molar-refractivity contribution in [1.82, 2.24) is 0 Å².